The summed E-state index contributed by atoms with van der Waals surface area (Å²) in [5.41, 5.74) is 2.95. The number of halogens is 1. The number of ketones is 1. The number of hydrogen-bond donors (Lipinski definition) is 3. The molecule has 1 aliphatic rings. The molecule has 0 bridgehead atoms. The van der Waals surface area contributed by atoms with Gasteiger partial charge in [-0.15, -0.1) is 0 Å². The summed E-state index contributed by atoms with van der Waals surface area (Å²) >= 11 is 6.03. The average molecular weight is 385 g/mol. The van der Waals surface area contributed by atoms with E-state index in [9.17, 15) is 14.7 Å². The third-order valence-corrected chi connectivity index (χ3v) is 4.89. The Morgan fingerprint density at radius 2 is 1.89 bits per heavy atom. The standard InChI is InChI=1S/C21H21ClN2O3/c1-2-17(25)19-16(10-8-13-6-4-3-5-7-13)23-21(27)24-20(19)14-9-11-18(26)15(22)12-14/h3-7,9,11-12,20,26H,2,8,10H2,1H3,(H2,23,24,27). The molecule has 27 heavy (non-hydrogen) atoms. The van der Waals surface area contributed by atoms with Crippen molar-refractivity contribution < 1.29 is 14.7 Å². The minimum absolute atomic E-state index is 0.0419. The first kappa shape index (κ1) is 19.0. The van der Waals surface area contributed by atoms with Gasteiger partial charge in [-0.1, -0.05) is 54.9 Å². The zero-order chi connectivity index (χ0) is 19.4. The van der Waals surface area contributed by atoms with Crippen LogP contribution in [-0.2, 0) is 11.2 Å². The molecule has 0 aromatic heterocycles. The third kappa shape index (κ3) is 4.31. The largest absolute Gasteiger partial charge is 0.506 e. The van der Waals surface area contributed by atoms with Crippen molar-refractivity contribution in [2.24, 2.45) is 0 Å². The van der Waals surface area contributed by atoms with E-state index in [2.05, 4.69) is 10.6 Å². The number of rotatable bonds is 6. The molecule has 0 aliphatic carbocycles. The molecule has 0 saturated carbocycles. The van der Waals surface area contributed by atoms with Gasteiger partial charge < -0.3 is 15.7 Å². The molecule has 1 unspecified atom stereocenters. The van der Waals surface area contributed by atoms with Crippen LogP contribution >= 0.6 is 11.6 Å². The Morgan fingerprint density at radius 1 is 1.15 bits per heavy atom. The van der Waals surface area contributed by atoms with E-state index in [0.29, 0.717) is 36.1 Å². The van der Waals surface area contributed by atoms with Crippen LogP contribution < -0.4 is 10.6 Å². The summed E-state index contributed by atoms with van der Waals surface area (Å²) in [6.07, 6.45) is 1.57. The number of carbonyl (C=O) groups is 2. The topological polar surface area (TPSA) is 78.4 Å². The second kappa shape index (κ2) is 8.27. The van der Waals surface area contributed by atoms with Crippen LogP contribution in [0.3, 0.4) is 0 Å². The molecular weight excluding hydrogens is 364 g/mol. The Kier molecular flexibility index (Phi) is 5.81. The predicted molar refractivity (Wildman–Crippen MR) is 105 cm³/mol. The van der Waals surface area contributed by atoms with Gasteiger partial charge in [0, 0.05) is 17.7 Å². The van der Waals surface area contributed by atoms with E-state index in [4.69, 9.17) is 11.6 Å². The van der Waals surface area contributed by atoms with Crippen molar-refractivity contribution in [1.29, 1.82) is 0 Å². The SMILES string of the molecule is CCC(=O)C1=C(CCc2ccccc2)NC(=O)NC1c1ccc(O)c(Cl)c1. The molecule has 0 radical (unpaired) electrons. The van der Waals surface area contributed by atoms with Crippen LogP contribution in [0.25, 0.3) is 0 Å². The zero-order valence-corrected chi connectivity index (χ0v) is 15.7. The monoisotopic (exact) mass is 384 g/mol. The number of benzene rings is 2. The van der Waals surface area contributed by atoms with Gasteiger partial charge in [0.25, 0.3) is 0 Å². The fourth-order valence-electron chi connectivity index (χ4n) is 3.20. The Hall–Kier alpha value is -2.79. The number of urea groups is 1. The highest BCUT2D eigenvalue weighted by Gasteiger charge is 2.31. The molecule has 1 heterocycles. The minimum Gasteiger partial charge on any atom is -0.506 e. The van der Waals surface area contributed by atoms with Crippen LogP contribution in [0.1, 0.15) is 36.9 Å². The summed E-state index contributed by atoms with van der Waals surface area (Å²) in [7, 11) is 0. The summed E-state index contributed by atoms with van der Waals surface area (Å²) in [6.45, 7) is 1.79. The first-order chi connectivity index (χ1) is 13.0. The van der Waals surface area contributed by atoms with Crippen LogP contribution in [0.2, 0.25) is 5.02 Å². The maximum atomic E-state index is 12.7. The van der Waals surface area contributed by atoms with E-state index >= 15 is 0 Å². The van der Waals surface area contributed by atoms with Crippen molar-refractivity contribution in [3.05, 3.63) is 76.0 Å². The molecule has 2 aromatic rings. The molecule has 1 aliphatic heterocycles. The Balaban J connectivity index is 1.98. The molecule has 5 nitrogen and oxygen atoms in total. The highest BCUT2D eigenvalue weighted by molar-refractivity contribution is 6.32. The smallest absolute Gasteiger partial charge is 0.319 e. The van der Waals surface area contributed by atoms with E-state index in [1.54, 1.807) is 19.1 Å². The summed E-state index contributed by atoms with van der Waals surface area (Å²) in [5, 5.41) is 15.5. The average Bonchev–Trinajstić information content (AvgIpc) is 2.68. The lowest BCUT2D eigenvalue weighted by Crippen LogP contribution is -2.45. The van der Waals surface area contributed by atoms with Crippen LogP contribution in [0.4, 0.5) is 4.79 Å². The second-order valence-corrected chi connectivity index (χ2v) is 6.80. The van der Waals surface area contributed by atoms with Crippen molar-refractivity contribution in [1.82, 2.24) is 10.6 Å². The molecule has 0 saturated heterocycles. The normalized spacial score (nSPS) is 16.7. The van der Waals surface area contributed by atoms with Crippen molar-refractivity contribution in [3.8, 4) is 5.75 Å². The van der Waals surface area contributed by atoms with E-state index in [1.165, 1.54) is 6.07 Å². The van der Waals surface area contributed by atoms with Gasteiger partial charge in [-0.25, -0.2) is 4.79 Å². The molecule has 140 valence electrons. The number of phenolic OH excluding ortho intramolecular Hbond substituents is 1. The first-order valence-corrected chi connectivity index (χ1v) is 9.23. The van der Waals surface area contributed by atoms with E-state index < -0.39 is 6.04 Å². The molecule has 3 N–H and O–H groups in total. The fraction of sp³-hybridized carbons (Fsp3) is 0.238. The van der Waals surface area contributed by atoms with Gasteiger partial charge in [0.2, 0.25) is 0 Å². The number of amides is 2. The van der Waals surface area contributed by atoms with Crippen LogP contribution in [0, 0.1) is 0 Å². The Bertz CT molecular complexity index is 894. The van der Waals surface area contributed by atoms with Crippen LogP contribution in [0.5, 0.6) is 5.75 Å². The fourth-order valence-corrected chi connectivity index (χ4v) is 3.39. The lowest BCUT2D eigenvalue weighted by atomic mass is 9.89. The summed E-state index contributed by atoms with van der Waals surface area (Å²) in [6, 6.07) is 13.6. The van der Waals surface area contributed by atoms with Gasteiger partial charge in [0.15, 0.2) is 5.78 Å². The zero-order valence-electron chi connectivity index (χ0n) is 15.0. The summed E-state index contributed by atoms with van der Waals surface area (Å²) < 4.78 is 0. The molecule has 3 rings (SSSR count). The van der Waals surface area contributed by atoms with Gasteiger partial charge >= 0.3 is 6.03 Å². The van der Waals surface area contributed by atoms with Crippen molar-refractivity contribution in [2.45, 2.75) is 32.2 Å². The number of carbonyl (C=O) groups excluding carboxylic acids is 2. The van der Waals surface area contributed by atoms with Gasteiger partial charge in [0.05, 0.1) is 11.1 Å². The highest BCUT2D eigenvalue weighted by Crippen LogP contribution is 2.33. The van der Waals surface area contributed by atoms with E-state index in [0.717, 1.165) is 5.56 Å². The maximum absolute atomic E-state index is 12.7. The molecule has 0 fully saturated rings. The van der Waals surface area contributed by atoms with Gasteiger partial charge in [-0.2, -0.15) is 0 Å². The summed E-state index contributed by atoms with van der Waals surface area (Å²) in [5.74, 6) is -0.0860. The number of aryl methyl sites for hydroxylation is 1. The highest BCUT2D eigenvalue weighted by atomic mass is 35.5. The second-order valence-electron chi connectivity index (χ2n) is 6.40. The number of nitrogens with one attached hydrogen (secondary N) is 2. The third-order valence-electron chi connectivity index (χ3n) is 4.59. The van der Waals surface area contributed by atoms with Crippen molar-refractivity contribution in [3.63, 3.8) is 0 Å². The maximum Gasteiger partial charge on any atom is 0.319 e. The Morgan fingerprint density at radius 3 is 2.56 bits per heavy atom. The number of phenols is 1. The quantitative estimate of drug-likeness (QED) is 0.696. The van der Waals surface area contributed by atoms with Gasteiger partial charge in [-0.3, -0.25) is 4.79 Å². The van der Waals surface area contributed by atoms with E-state index in [1.807, 2.05) is 30.3 Å². The molecular formula is C21H21ClN2O3. The minimum atomic E-state index is -0.602. The lowest BCUT2D eigenvalue weighted by molar-refractivity contribution is -0.115. The Labute approximate surface area is 163 Å². The number of Topliss-reactive ketones (excluding diaryl/α,β-unsaturated/α-hetero) is 1. The lowest BCUT2D eigenvalue weighted by Gasteiger charge is -2.30. The molecule has 6 heteroatoms. The number of aromatic hydroxyl groups is 1. The summed E-state index contributed by atoms with van der Waals surface area (Å²) in [4.78, 5) is 24.9. The van der Waals surface area contributed by atoms with Gasteiger partial charge in [0.1, 0.15) is 5.75 Å². The van der Waals surface area contributed by atoms with Gasteiger partial charge in [-0.05, 0) is 36.1 Å². The van der Waals surface area contributed by atoms with Crippen molar-refractivity contribution >= 4 is 23.4 Å². The van der Waals surface area contributed by atoms with Crippen LogP contribution in [-0.4, -0.2) is 16.9 Å². The number of allylic oxidation sites excluding steroid dienone is 1. The molecule has 0 spiro atoms. The molecule has 1 atom stereocenters. The first-order valence-electron chi connectivity index (χ1n) is 8.85. The molecule has 2 amide bonds. The van der Waals surface area contributed by atoms with E-state index in [-0.39, 0.29) is 22.6 Å². The van der Waals surface area contributed by atoms with Crippen molar-refractivity contribution in [2.75, 3.05) is 0 Å². The van der Waals surface area contributed by atoms with Crippen LogP contribution in [0.15, 0.2) is 59.8 Å². The number of hydrogen-bond acceptors (Lipinski definition) is 3. The molecule has 2 aromatic carbocycles. The predicted octanol–water partition coefficient (Wildman–Crippen LogP) is 4.27.